The Morgan fingerprint density at radius 2 is 1.66 bits per heavy atom. The van der Waals surface area contributed by atoms with Gasteiger partial charge in [0, 0.05) is 23.7 Å². The maximum absolute atomic E-state index is 11.8. The molecule has 2 aliphatic heterocycles. The van der Waals surface area contributed by atoms with Crippen molar-refractivity contribution in [2.75, 3.05) is 6.61 Å². The summed E-state index contributed by atoms with van der Waals surface area (Å²) in [6.07, 6.45) is 6.34. The van der Waals surface area contributed by atoms with E-state index in [0.29, 0.717) is 54.3 Å². The van der Waals surface area contributed by atoms with Gasteiger partial charge in [-0.1, -0.05) is 27.7 Å². The van der Waals surface area contributed by atoms with Crippen molar-refractivity contribution in [3.8, 4) is 0 Å². The predicted octanol–water partition coefficient (Wildman–Crippen LogP) is 3.74. The number of hydrogen-bond acceptors (Lipinski definition) is 5. The summed E-state index contributed by atoms with van der Waals surface area (Å²) in [7, 11) is 0. The Hall–Kier alpha value is -0.200. The Labute approximate surface area is 193 Å². The Morgan fingerprint density at radius 3 is 2.38 bits per heavy atom. The molecule has 1 spiro atoms. The standard InChI is InChI=1S/C27H44O5/c1-14-7-8-27(31-13-14)15(2)24-22(32-27)10-19-17-6-5-16-9-20(28)21(29)12-25(16,3)18(17)11-23(30)26(19,24)4/h14-24,28-30H,5-13H2,1-4H3/t14-,15+,16+,17-,18+,19+,20-,21-,22+,23-,24+,25+,26-,27-/m1/s1. The molecule has 14 atom stereocenters. The fourth-order valence-corrected chi connectivity index (χ4v) is 10.2. The van der Waals surface area contributed by atoms with Gasteiger partial charge in [0.2, 0.25) is 0 Å². The molecular weight excluding hydrogens is 404 g/mol. The van der Waals surface area contributed by atoms with E-state index < -0.39 is 18.0 Å². The summed E-state index contributed by atoms with van der Waals surface area (Å²) >= 11 is 0. The molecule has 6 fully saturated rings. The molecule has 0 aromatic rings. The highest BCUT2D eigenvalue weighted by Gasteiger charge is 2.71. The molecular formula is C27H44O5. The molecule has 0 radical (unpaired) electrons. The maximum Gasteiger partial charge on any atom is 0.171 e. The first-order valence-electron chi connectivity index (χ1n) is 13.5. The van der Waals surface area contributed by atoms with Gasteiger partial charge in [-0.15, -0.1) is 0 Å². The van der Waals surface area contributed by atoms with Gasteiger partial charge in [-0.25, -0.2) is 0 Å². The number of ether oxygens (including phenoxy) is 2. The number of rotatable bonds is 0. The van der Waals surface area contributed by atoms with Gasteiger partial charge in [0.15, 0.2) is 5.79 Å². The average Bonchev–Trinajstić information content (AvgIpc) is 3.19. The maximum atomic E-state index is 11.8. The van der Waals surface area contributed by atoms with Gasteiger partial charge in [0.1, 0.15) is 0 Å². The molecule has 0 aromatic heterocycles. The van der Waals surface area contributed by atoms with Crippen LogP contribution in [-0.4, -0.2) is 52.1 Å². The Bertz CT molecular complexity index is 748. The summed E-state index contributed by atoms with van der Waals surface area (Å²) in [5.41, 5.74) is -0.116. The van der Waals surface area contributed by atoms with Crippen LogP contribution in [0.25, 0.3) is 0 Å². The molecule has 6 rings (SSSR count). The van der Waals surface area contributed by atoms with E-state index in [1.54, 1.807) is 0 Å². The van der Waals surface area contributed by atoms with Gasteiger partial charge in [-0.05, 0) is 80.0 Å². The molecule has 4 aliphatic carbocycles. The minimum Gasteiger partial charge on any atom is -0.393 e. The van der Waals surface area contributed by atoms with Crippen LogP contribution in [0.3, 0.4) is 0 Å². The largest absolute Gasteiger partial charge is 0.393 e. The summed E-state index contributed by atoms with van der Waals surface area (Å²) in [5.74, 6) is 2.73. The fourth-order valence-electron chi connectivity index (χ4n) is 10.2. The second kappa shape index (κ2) is 7.16. The predicted molar refractivity (Wildman–Crippen MR) is 121 cm³/mol. The van der Waals surface area contributed by atoms with E-state index in [4.69, 9.17) is 9.47 Å². The van der Waals surface area contributed by atoms with E-state index in [2.05, 4.69) is 27.7 Å². The topological polar surface area (TPSA) is 79.2 Å². The molecule has 2 saturated heterocycles. The van der Waals surface area contributed by atoms with Crippen molar-refractivity contribution in [3.63, 3.8) is 0 Å². The van der Waals surface area contributed by atoms with Crippen LogP contribution >= 0.6 is 0 Å². The first kappa shape index (κ1) is 22.3. The Balaban J connectivity index is 1.30. The van der Waals surface area contributed by atoms with Gasteiger partial charge < -0.3 is 24.8 Å². The van der Waals surface area contributed by atoms with Crippen LogP contribution in [0.15, 0.2) is 0 Å². The van der Waals surface area contributed by atoms with Crippen molar-refractivity contribution in [2.45, 2.75) is 109 Å². The number of aliphatic hydroxyl groups excluding tert-OH is 3. The molecule has 0 aromatic carbocycles. The van der Waals surface area contributed by atoms with Gasteiger partial charge in [0.05, 0.1) is 31.0 Å². The Morgan fingerprint density at radius 1 is 0.875 bits per heavy atom. The molecule has 5 nitrogen and oxygen atoms in total. The third kappa shape index (κ3) is 2.75. The molecule has 2 heterocycles. The highest BCUT2D eigenvalue weighted by molar-refractivity contribution is 5.18. The summed E-state index contributed by atoms with van der Waals surface area (Å²) < 4.78 is 13.2. The van der Waals surface area contributed by atoms with Gasteiger partial charge in [0.25, 0.3) is 0 Å². The van der Waals surface area contributed by atoms with Crippen molar-refractivity contribution in [3.05, 3.63) is 0 Å². The second-order valence-corrected chi connectivity index (χ2v) is 13.3. The molecule has 6 aliphatic rings. The molecule has 0 amide bonds. The van der Waals surface area contributed by atoms with E-state index in [-0.39, 0.29) is 23.0 Å². The van der Waals surface area contributed by atoms with Crippen LogP contribution in [-0.2, 0) is 9.47 Å². The van der Waals surface area contributed by atoms with Gasteiger partial charge in [-0.3, -0.25) is 0 Å². The van der Waals surface area contributed by atoms with Gasteiger partial charge >= 0.3 is 0 Å². The zero-order chi connectivity index (χ0) is 22.6. The number of fused-ring (bicyclic) bond motifs is 7. The fraction of sp³-hybridized carbons (Fsp3) is 1.00. The Kier molecular flexibility index (Phi) is 4.99. The first-order valence-corrected chi connectivity index (χ1v) is 13.5. The van der Waals surface area contributed by atoms with E-state index in [0.717, 1.165) is 38.7 Å². The highest BCUT2D eigenvalue weighted by atomic mass is 16.7. The molecule has 0 unspecified atom stereocenters. The summed E-state index contributed by atoms with van der Waals surface area (Å²) in [6.45, 7) is 10.1. The lowest BCUT2D eigenvalue weighted by Crippen LogP contribution is -2.61. The monoisotopic (exact) mass is 448 g/mol. The van der Waals surface area contributed by atoms with Crippen molar-refractivity contribution >= 4 is 0 Å². The average molecular weight is 449 g/mol. The SMILES string of the molecule is C[C@@H]1CC[C@@]2(OC1)O[C@H]1C[C@H]3[C@@H]4CC[C@H]5C[C@@H](O)[C@H](O)C[C@]5(C)[C@H]4C[C@@H](O)[C@]3(C)[C@H]1[C@@H]2C. The van der Waals surface area contributed by atoms with Crippen LogP contribution in [0.4, 0.5) is 0 Å². The van der Waals surface area contributed by atoms with Crippen molar-refractivity contribution < 1.29 is 24.8 Å². The van der Waals surface area contributed by atoms with Crippen molar-refractivity contribution in [1.82, 2.24) is 0 Å². The lowest BCUT2D eigenvalue weighted by molar-refractivity contribution is -0.274. The van der Waals surface area contributed by atoms with E-state index in [1.165, 1.54) is 6.42 Å². The molecule has 4 saturated carbocycles. The third-order valence-electron chi connectivity index (χ3n) is 12.1. The van der Waals surface area contributed by atoms with Crippen LogP contribution in [0, 0.1) is 52.3 Å². The van der Waals surface area contributed by atoms with E-state index in [9.17, 15) is 15.3 Å². The second-order valence-electron chi connectivity index (χ2n) is 13.3. The van der Waals surface area contributed by atoms with Gasteiger partial charge in [-0.2, -0.15) is 0 Å². The lowest BCUT2D eigenvalue weighted by Gasteiger charge is -2.63. The van der Waals surface area contributed by atoms with Crippen molar-refractivity contribution in [1.29, 1.82) is 0 Å². The minimum absolute atomic E-state index is 0.0118. The normalized spacial score (nSPS) is 64.0. The van der Waals surface area contributed by atoms with E-state index >= 15 is 0 Å². The molecule has 3 N–H and O–H groups in total. The minimum atomic E-state index is -0.627. The zero-order valence-electron chi connectivity index (χ0n) is 20.4. The quantitative estimate of drug-likeness (QED) is 0.526. The smallest absolute Gasteiger partial charge is 0.171 e. The third-order valence-corrected chi connectivity index (χ3v) is 12.1. The first-order chi connectivity index (χ1) is 15.1. The lowest BCUT2D eigenvalue weighted by atomic mass is 9.43. The molecule has 5 heteroatoms. The molecule has 0 bridgehead atoms. The summed E-state index contributed by atoms with van der Waals surface area (Å²) in [4.78, 5) is 0. The highest BCUT2D eigenvalue weighted by Crippen LogP contribution is 2.71. The summed E-state index contributed by atoms with van der Waals surface area (Å²) in [5, 5.41) is 32.7. The summed E-state index contributed by atoms with van der Waals surface area (Å²) in [6, 6.07) is 0. The van der Waals surface area contributed by atoms with Crippen LogP contribution in [0.5, 0.6) is 0 Å². The molecule has 182 valence electrons. The van der Waals surface area contributed by atoms with Crippen LogP contribution in [0.1, 0.15) is 79.1 Å². The van der Waals surface area contributed by atoms with E-state index in [1.807, 2.05) is 0 Å². The number of aliphatic hydroxyl groups is 3. The number of hydrogen-bond donors (Lipinski definition) is 3. The zero-order valence-corrected chi connectivity index (χ0v) is 20.4. The van der Waals surface area contributed by atoms with Crippen molar-refractivity contribution in [2.24, 2.45) is 52.3 Å². The van der Waals surface area contributed by atoms with Crippen LogP contribution in [0.2, 0.25) is 0 Å². The van der Waals surface area contributed by atoms with Crippen LogP contribution < -0.4 is 0 Å². The molecule has 32 heavy (non-hydrogen) atoms.